The minimum atomic E-state index is 0.688. The molecule has 0 radical (unpaired) electrons. The minimum Gasteiger partial charge on any atom is -0.444 e. The Morgan fingerprint density at radius 2 is 1.92 bits per heavy atom. The average molecular weight is 159 g/mol. The summed E-state index contributed by atoms with van der Waals surface area (Å²) < 4.78 is 5.24. The first-order valence-electron chi connectivity index (χ1n) is 3.84. The summed E-state index contributed by atoms with van der Waals surface area (Å²) >= 11 is 0. The third-order valence-corrected chi connectivity index (χ3v) is 1.64. The van der Waals surface area contributed by atoms with Gasteiger partial charge in [0, 0.05) is 5.56 Å². The van der Waals surface area contributed by atoms with Gasteiger partial charge in [0.15, 0.2) is 0 Å². The van der Waals surface area contributed by atoms with Crippen LogP contribution in [0.25, 0.3) is 11.5 Å². The number of aromatic nitrogens is 1. The quantitative estimate of drug-likeness (QED) is 0.639. The van der Waals surface area contributed by atoms with Gasteiger partial charge in [-0.1, -0.05) is 18.2 Å². The molecule has 0 aliphatic heterocycles. The Morgan fingerprint density at radius 3 is 2.50 bits per heavy atom. The summed E-state index contributed by atoms with van der Waals surface area (Å²) in [6.07, 6.45) is 1.66. The van der Waals surface area contributed by atoms with E-state index in [2.05, 4.69) is 4.98 Å². The van der Waals surface area contributed by atoms with E-state index in [9.17, 15) is 0 Å². The number of hydrogen-bond acceptors (Lipinski definition) is 2. The van der Waals surface area contributed by atoms with Crippen LogP contribution in [0.1, 0.15) is 5.69 Å². The molecule has 0 saturated carbocycles. The summed E-state index contributed by atoms with van der Waals surface area (Å²) in [5, 5.41) is 0. The third kappa shape index (κ3) is 1.23. The van der Waals surface area contributed by atoms with Crippen molar-refractivity contribution < 1.29 is 4.42 Å². The Morgan fingerprint density at radius 1 is 1.17 bits per heavy atom. The molecule has 0 spiro atoms. The van der Waals surface area contributed by atoms with Crippen LogP contribution in [0.5, 0.6) is 0 Å². The maximum absolute atomic E-state index is 5.24. The van der Waals surface area contributed by atoms with E-state index >= 15 is 0 Å². The molecule has 2 nitrogen and oxygen atoms in total. The lowest BCUT2D eigenvalue weighted by Crippen LogP contribution is -1.75. The fraction of sp³-hybridized carbons (Fsp3) is 0.100. The molecule has 0 fully saturated rings. The lowest BCUT2D eigenvalue weighted by Gasteiger charge is -1.91. The van der Waals surface area contributed by atoms with Gasteiger partial charge in [-0.3, -0.25) is 0 Å². The van der Waals surface area contributed by atoms with Crippen molar-refractivity contribution in [2.24, 2.45) is 0 Å². The molecule has 0 atom stereocenters. The maximum Gasteiger partial charge on any atom is 0.226 e. The van der Waals surface area contributed by atoms with Gasteiger partial charge >= 0.3 is 0 Å². The molecule has 1 aromatic carbocycles. The maximum atomic E-state index is 5.24. The molecule has 12 heavy (non-hydrogen) atoms. The highest BCUT2D eigenvalue weighted by atomic mass is 16.3. The van der Waals surface area contributed by atoms with E-state index in [1.807, 2.05) is 37.3 Å². The normalized spacial score (nSPS) is 10.1. The van der Waals surface area contributed by atoms with E-state index in [0.717, 1.165) is 11.3 Å². The van der Waals surface area contributed by atoms with E-state index in [4.69, 9.17) is 4.42 Å². The monoisotopic (exact) mass is 159 g/mol. The van der Waals surface area contributed by atoms with E-state index in [-0.39, 0.29) is 0 Å². The number of nitrogens with zero attached hydrogens (tertiary/aromatic N) is 1. The molecular formula is C10H9NO. The Labute approximate surface area is 70.9 Å². The van der Waals surface area contributed by atoms with Crippen LogP contribution in [-0.4, -0.2) is 4.98 Å². The largest absolute Gasteiger partial charge is 0.444 e. The predicted octanol–water partition coefficient (Wildman–Crippen LogP) is 2.65. The van der Waals surface area contributed by atoms with Gasteiger partial charge < -0.3 is 4.42 Å². The van der Waals surface area contributed by atoms with Crippen LogP contribution in [0.4, 0.5) is 0 Å². The van der Waals surface area contributed by atoms with Gasteiger partial charge in [-0.15, -0.1) is 0 Å². The van der Waals surface area contributed by atoms with Gasteiger partial charge in [0.25, 0.3) is 0 Å². The van der Waals surface area contributed by atoms with Crippen LogP contribution in [0.2, 0.25) is 0 Å². The molecule has 0 unspecified atom stereocenters. The van der Waals surface area contributed by atoms with Crippen molar-refractivity contribution in [1.29, 1.82) is 0 Å². The Balaban J connectivity index is 2.45. The van der Waals surface area contributed by atoms with E-state index in [1.54, 1.807) is 6.26 Å². The first-order valence-corrected chi connectivity index (χ1v) is 3.84. The molecule has 1 heterocycles. The molecule has 60 valence electrons. The highest BCUT2D eigenvalue weighted by Crippen LogP contribution is 2.16. The van der Waals surface area contributed by atoms with Crippen molar-refractivity contribution >= 4 is 0 Å². The fourth-order valence-corrected chi connectivity index (χ4v) is 1.07. The Bertz CT molecular complexity index is 364. The second kappa shape index (κ2) is 2.81. The molecule has 0 bridgehead atoms. The topological polar surface area (TPSA) is 26.0 Å². The summed E-state index contributed by atoms with van der Waals surface area (Å²) in [6, 6.07) is 9.86. The van der Waals surface area contributed by atoms with E-state index in [1.165, 1.54) is 0 Å². The van der Waals surface area contributed by atoms with Crippen LogP contribution in [0.15, 0.2) is 41.0 Å². The van der Waals surface area contributed by atoms with E-state index in [0.29, 0.717) is 5.89 Å². The Kier molecular flexibility index (Phi) is 1.67. The van der Waals surface area contributed by atoms with E-state index < -0.39 is 0 Å². The van der Waals surface area contributed by atoms with Crippen molar-refractivity contribution in [1.82, 2.24) is 4.98 Å². The first kappa shape index (κ1) is 7.10. The zero-order chi connectivity index (χ0) is 8.39. The van der Waals surface area contributed by atoms with Gasteiger partial charge in [0.1, 0.15) is 6.26 Å². The summed E-state index contributed by atoms with van der Waals surface area (Å²) in [4.78, 5) is 4.21. The average Bonchev–Trinajstić information content (AvgIpc) is 2.54. The molecule has 2 rings (SSSR count). The van der Waals surface area contributed by atoms with Gasteiger partial charge in [-0.05, 0) is 19.1 Å². The zero-order valence-corrected chi connectivity index (χ0v) is 6.82. The lowest BCUT2D eigenvalue weighted by atomic mass is 10.2. The number of benzene rings is 1. The van der Waals surface area contributed by atoms with Gasteiger partial charge in [0.05, 0.1) is 5.69 Å². The van der Waals surface area contributed by atoms with Crippen molar-refractivity contribution in [3.05, 3.63) is 42.3 Å². The van der Waals surface area contributed by atoms with Crippen LogP contribution in [0.3, 0.4) is 0 Å². The highest BCUT2D eigenvalue weighted by Gasteiger charge is 2.01. The number of oxazole rings is 1. The van der Waals surface area contributed by atoms with Gasteiger partial charge in [-0.2, -0.15) is 0 Å². The second-order valence-electron chi connectivity index (χ2n) is 2.66. The molecule has 1 aromatic heterocycles. The fourth-order valence-electron chi connectivity index (χ4n) is 1.07. The number of hydrogen-bond donors (Lipinski definition) is 0. The molecule has 2 heteroatoms. The van der Waals surface area contributed by atoms with Crippen molar-refractivity contribution in [2.45, 2.75) is 6.92 Å². The van der Waals surface area contributed by atoms with Crippen molar-refractivity contribution in [3.8, 4) is 11.5 Å². The van der Waals surface area contributed by atoms with Crippen LogP contribution < -0.4 is 0 Å². The SMILES string of the molecule is Cc1coc(-c2ccccc2)n1. The number of rotatable bonds is 1. The third-order valence-electron chi connectivity index (χ3n) is 1.64. The smallest absolute Gasteiger partial charge is 0.226 e. The van der Waals surface area contributed by atoms with Crippen molar-refractivity contribution in [3.63, 3.8) is 0 Å². The summed E-state index contributed by atoms with van der Waals surface area (Å²) in [7, 11) is 0. The molecule has 2 aromatic rings. The van der Waals surface area contributed by atoms with Crippen LogP contribution in [0, 0.1) is 6.92 Å². The lowest BCUT2D eigenvalue weighted by molar-refractivity contribution is 0.573. The molecular weight excluding hydrogens is 150 g/mol. The number of aryl methyl sites for hydroxylation is 1. The summed E-state index contributed by atoms with van der Waals surface area (Å²) in [5.41, 5.74) is 1.93. The molecule has 0 amide bonds. The highest BCUT2D eigenvalue weighted by molar-refractivity contribution is 5.52. The molecule has 0 N–H and O–H groups in total. The second-order valence-corrected chi connectivity index (χ2v) is 2.66. The summed E-state index contributed by atoms with van der Waals surface area (Å²) in [6.45, 7) is 1.91. The molecule has 0 saturated heterocycles. The molecule has 0 aliphatic carbocycles. The van der Waals surface area contributed by atoms with Crippen LogP contribution in [-0.2, 0) is 0 Å². The van der Waals surface area contributed by atoms with Gasteiger partial charge in [-0.25, -0.2) is 4.98 Å². The minimum absolute atomic E-state index is 0.688. The first-order chi connectivity index (χ1) is 5.86. The van der Waals surface area contributed by atoms with Gasteiger partial charge in [0.2, 0.25) is 5.89 Å². The summed E-state index contributed by atoms with van der Waals surface area (Å²) in [5.74, 6) is 0.688. The molecule has 0 aliphatic rings. The van der Waals surface area contributed by atoms with Crippen LogP contribution >= 0.6 is 0 Å². The van der Waals surface area contributed by atoms with Crippen molar-refractivity contribution in [2.75, 3.05) is 0 Å². The standard InChI is InChI=1S/C10H9NO/c1-8-7-12-10(11-8)9-5-3-2-4-6-9/h2-7H,1H3. The zero-order valence-electron chi connectivity index (χ0n) is 6.82. The predicted molar refractivity (Wildman–Crippen MR) is 46.7 cm³/mol. The Hall–Kier alpha value is -1.57.